The zero-order valence-corrected chi connectivity index (χ0v) is 9.83. The summed E-state index contributed by atoms with van der Waals surface area (Å²) in [4.78, 5) is 13.0. The second-order valence-electron chi connectivity index (χ2n) is 4.36. The number of amides is 1. The zero-order valence-electron chi connectivity index (χ0n) is 9.83. The minimum Gasteiger partial charge on any atom is -0.354 e. The number of nitrogens with zero attached hydrogens (tertiary/aromatic N) is 1. The van der Waals surface area contributed by atoms with Crippen molar-refractivity contribution in [3.05, 3.63) is 35.4 Å². The molecule has 98 valence electrons. The van der Waals surface area contributed by atoms with Gasteiger partial charge in [0.25, 0.3) is 0 Å². The van der Waals surface area contributed by atoms with Gasteiger partial charge >= 0.3 is 0 Å². The summed E-state index contributed by atoms with van der Waals surface area (Å²) >= 11 is 0. The van der Waals surface area contributed by atoms with Crippen LogP contribution >= 0.6 is 0 Å². The SMILES string of the molecule is NC(CN1CCNC(=O)C1)c1ccc(F)cc1F. The summed E-state index contributed by atoms with van der Waals surface area (Å²) < 4.78 is 26.3. The van der Waals surface area contributed by atoms with E-state index in [4.69, 9.17) is 5.73 Å². The first-order valence-corrected chi connectivity index (χ1v) is 5.76. The van der Waals surface area contributed by atoms with E-state index in [-0.39, 0.29) is 18.0 Å². The number of carbonyl (C=O) groups is 1. The van der Waals surface area contributed by atoms with Crippen LogP contribution in [0.25, 0.3) is 0 Å². The predicted octanol–water partition coefficient (Wildman–Crippen LogP) is 0.396. The molecule has 0 spiro atoms. The van der Waals surface area contributed by atoms with E-state index in [0.29, 0.717) is 19.6 Å². The van der Waals surface area contributed by atoms with Crippen LogP contribution in [0.5, 0.6) is 0 Å². The number of piperazine rings is 1. The molecule has 0 aliphatic carbocycles. The Hall–Kier alpha value is -1.53. The minimum absolute atomic E-state index is 0.0620. The molecule has 1 fully saturated rings. The fourth-order valence-electron chi connectivity index (χ4n) is 2.03. The third kappa shape index (κ3) is 3.02. The average Bonchev–Trinajstić information content (AvgIpc) is 2.28. The Morgan fingerprint density at radius 3 is 2.89 bits per heavy atom. The quantitative estimate of drug-likeness (QED) is 0.821. The molecule has 1 saturated heterocycles. The molecule has 3 N–H and O–H groups in total. The Labute approximate surface area is 104 Å². The van der Waals surface area contributed by atoms with Crippen LogP contribution in [-0.4, -0.2) is 37.0 Å². The largest absolute Gasteiger partial charge is 0.354 e. The van der Waals surface area contributed by atoms with Crippen molar-refractivity contribution in [1.82, 2.24) is 10.2 Å². The number of benzene rings is 1. The summed E-state index contributed by atoms with van der Waals surface area (Å²) in [7, 11) is 0. The number of carbonyl (C=O) groups excluding carboxylic acids is 1. The van der Waals surface area contributed by atoms with Gasteiger partial charge in [-0.1, -0.05) is 6.07 Å². The molecule has 2 rings (SSSR count). The molecule has 1 aliphatic heterocycles. The summed E-state index contributed by atoms with van der Waals surface area (Å²) in [5.41, 5.74) is 6.15. The van der Waals surface area contributed by atoms with Gasteiger partial charge in [0.15, 0.2) is 0 Å². The molecular formula is C12H15F2N3O. The highest BCUT2D eigenvalue weighted by molar-refractivity contribution is 5.78. The fraction of sp³-hybridized carbons (Fsp3) is 0.417. The smallest absolute Gasteiger partial charge is 0.234 e. The molecule has 0 radical (unpaired) electrons. The molecule has 4 nitrogen and oxygen atoms in total. The Morgan fingerprint density at radius 2 is 2.22 bits per heavy atom. The van der Waals surface area contributed by atoms with Gasteiger partial charge in [-0.05, 0) is 6.07 Å². The number of rotatable bonds is 3. The summed E-state index contributed by atoms with van der Waals surface area (Å²) in [6, 6.07) is 2.77. The number of hydrogen-bond acceptors (Lipinski definition) is 3. The molecule has 6 heteroatoms. The van der Waals surface area contributed by atoms with E-state index in [2.05, 4.69) is 5.32 Å². The normalized spacial score (nSPS) is 18.5. The Kier molecular flexibility index (Phi) is 3.88. The lowest BCUT2D eigenvalue weighted by atomic mass is 10.1. The first-order chi connectivity index (χ1) is 8.56. The van der Waals surface area contributed by atoms with Crippen LogP contribution in [-0.2, 0) is 4.79 Å². The van der Waals surface area contributed by atoms with Gasteiger partial charge in [0.05, 0.1) is 6.54 Å². The van der Waals surface area contributed by atoms with Gasteiger partial charge in [-0.3, -0.25) is 9.69 Å². The van der Waals surface area contributed by atoms with Crippen molar-refractivity contribution < 1.29 is 13.6 Å². The molecule has 1 heterocycles. The molecule has 0 saturated carbocycles. The second kappa shape index (κ2) is 5.41. The molecule has 18 heavy (non-hydrogen) atoms. The molecule has 1 aromatic rings. The lowest BCUT2D eigenvalue weighted by Gasteiger charge is -2.29. The van der Waals surface area contributed by atoms with Crippen molar-refractivity contribution in [2.45, 2.75) is 6.04 Å². The van der Waals surface area contributed by atoms with Gasteiger partial charge in [-0.25, -0.2) is 8.78 Å². The summed E-state index contributed by atoms with van der Waals surface area (Å²) in [6.07, 6.45) is 0. The Morgan fingerprint density at radius 1 is 1.44 bits per heavy atom. The third-order valence-corrected chi connectivity index (χ3v) is 2.93. The van der Waals surface area contributed by atoms with E-state index in [1.54, 1.807) is 0 Å². The van der Waals surface area contributed by atoms with E-state index in [9.17, 15) is 13.6 Å². The lowest BCUT2D eigenvalue weighted by Crippen LogP contribution is -2.49. The fourth-order valence-corrected chi connectivity index (χ4v) is 2.03. The van der Waals surface area contributed by atoms with Gasteiger partial charge in [0.2, 0.25) is 5.91 Å². The highest BCUT2D eigenvalue weighted by Gasteiger charge is 2.20. The number of nitrogens with one attached hydrogen (secondary N) is 1. The second-order valence-corrected chi connectivity index (χ2v) is 4.36. The van der Waals surface area contributed by atoms with Crippen LogP contribution in [0.4, 0.5) is 8.78 Å². The van der Waals surface area contributed by atoms with Crippen LogP contribution in [0.15, 0.2) is 18.2 Å². The highest BCUT2D eigenvalue weighted by atomic mass is 19.1. The number of hydrogen-bond donors (Lipinski definition) is 2. The van der Waals surface area contributed by atoms with E-state index >= 15 is 0 Å². The standard InChI is InChI=1S/C12H15F2N3O/c13-8-1-2-9(10(14)5-8)11(15)6-17-4-3-16-12(18)7-17/h1-2,5,11H,3-4,6-7,15H2,(H,16,18). The van der Waals surface area contributed by atoms with Crippen LogP contribution in [0.1, 0.15) is 11.6 Å². The first-order valence-electron chi connectivity index (χ1n) is 5.76. The van der Waals surface area contributed by atoms with E-state index in [1.165, 1.54) is 12.1 Å². The molecule has 0 bridgehead atoms. The Balaban J connectivity index is 2.02. The molecule has 1 aliphatic rings. The average molecular weight is 255 g/mol. The minimum atomic E-state index is -0.649. The maximum atomic E-state index is 13.5. The third-order valence-electron chi connectivity index (χ3n) is 2.93. The predicted molar refractivity (Wildman–Crippen MR) is 62.7 cm³/mol. The van der Waals surface area contributed by atoms with Crippen LogP contribution in [0.3, 0.4) is 0 Å². The van der Waals surface area contributed by atoms with Crippen molar-refractivity contribution in [2.75, 3.05) is 26.2 Å². The molecule has 1 amide bonds. The molecule has 0 aromatic heterocycles. The van der Waals surface area contributed by atoms with Crippen molar-refractivity contribution in [1.29, 1.82) is 0 Å². The van der Waals surface area contributed by atoms with Crippen LogP contribution < -0.4 is 11.1 Å². The van der Waals surface area contributed by atoms with Gasteiger partial charge < -0.3 is 11.1 Å². The molecule has 1 unspecified atom stereocenters. The van der Waals surface area contributed by atoms with Crippen molar-refractivity contribution in [3.63, 3.8) is 0 Å². The van der Waals surface area contributed by atoms with E-state index in [1.807, 2.05) is 4.90 Å². The molecule has 1 aromatic carbocycles. The number of halogens is 2. The van der Waals surface area contributed by atoms with Gasteiger partial charge in [0.1, 0.15) is 11.6 Å². The summed E-state index contributed by atoms with van der Waals surface area (Å²) in [6.45, 7) is 1.88. The van der Waals surface area contributed by atoms with E-state index in [0.717, 1.165) is 6.07 Å². The summed E-state index contributed by atoms with van der Waals surface area (Å²) in [5.74, 6) is -1.34. The highest BCUT2D eigenvalue weighted by Crippen LogP contribution is 2.17. The van der Waals surface area contributed by atoms with Gasteiger partial charge in [-0.15, -0.1) is 0 Å². The molecule has 1 atom stereocenters. The first kappa shape index (κ1) is 12.9. The maximum Gasteiger partial charge on any atom is 0.234 e. The van der Waals surface area contributed by atoms with Crippen molar-refractivity contribution >= 4 is 5.91 Å². The van der Waals surface area contributed by atoms with Crippen molar-refractivity contribution in [3.8, 4) is 0 Å². The van der Waals surface area contributed by atoms with Gasteiger partial charge in [-0.2, -0.15) is 0 Å². The lowest BCUT2D eigenvalue weighted by molar-refractivity contribution is -0.124. The van der Waals surface area contributed by atoms with Gasteiger partial charge in [0, 0.05) is 37.3 Å². The van der Waals surface area contributed by atoms with E-state index < -0.39 is 17.7 Å². The Bertz CT molecular complexity index is 453. The maximum absolute atomic E-state index is 13.5. The zero-order chi connectivity index (χ0) is 13.1. The van der Waals surface area contributed by atoms with Crippen molar-refractivity contribution in [2.24, 2.45) is 5.73 Å². The monoisotopic (exact) mass is 255 g/mol. The number of nitrogens with two attached hydrogens (primary N) is 1. The van der Waals surface area contributed by atoms with Crippen LogP contribution in [0.2, 0.25) is 0 Å². The molecular weight excluding hydrogens is 240 g/mol. The topological polar surface area (TPSA) is 58.4 Å². The summed E-state index contributed by atoms with van der Waals surface area (Å²) in [5, 5.41) is 2.70. The van der Waals surface area contributed by atoms with Crippen LogP contribution in [0, 0.1) is 11.6 Å².